The van der Waals surface area contributed by atoms with Gasteiger partial charge in [0.1, 0.15) is 5.70 Å². The summed E-state index contributed by atoms with van der Waals surface area (Å²) in [7, 11) is 0. The molecule has 5 heteroatoms. The minimum Gasteiger partial charge on any atom is -0.425 e. The van der Waals surface area contributed by atoms with Crippen LogP contribution in [-0.2, 0) is 20.8 Å². The molecule has 27 heavy (non-hydrogen) atoms. The largest absolute Gasteiger partial charge is 0.425 e. The summed E-state index contributed by atoms with van der Waals surface area (Å²) in [6, 6.07) is 22.0. The molecule has 1 aliphatic heterocycles. The zero-order valence-corrected chi connectivity index (χ0v) is 16.7. The lowest BCUT2D eigenvalue weighted by Gasteiger charge is -2.28. The molecule has 1 unspecified atom stereocenters. The molecule has 0 bridgehead atoms. The van der Waals surface area contributed by atoms with E-state index in [1.165, 1.54) is 0 Å². The molecule has 0 saturated heterocycles. The van der Waals surface area contributed by atoms with Crippen LogP contribution in [0.15, 0.2) is 77.5 Å². The summed E-state index contributed by atoms with van der Waals surface area (Å²) in [4.78, 5) is 13.7. The molecule has 1 atom stereocenters. The van der Waals surface area contributed by atoms with Gasteiger partial charge in [-0.15, -0.1) is 0 Å². The maximum Gasteiger partial charge on any atom is 0.354 e. The normalized spacial score (nSPS) is 16.0. The average molecular weight is 388 g/mol. The first-order valence-corrected chi connectivity index (χ1v) is 9.45. The number of cyclic esters (lactones) is 1. The number of rotatable bonds is 6. The molecule has 0 spiro atoms. The van der Waals surface area contributed by atoms with E-state index in [4.69, 9.17) is 21.1 Å². The topological polar surface area (TPSA) is 38.8 Å². The molecule has 4 nitrogen and oxygen atoms in total. The Labute approximate surface area is 166 Å². The van der Waals surface area contributed by atoms with E-state index in [2.05, 4.69) is 0 Å². The van der Waals surface area contributed by atoms with Crippen molar-refractivity contribution in [1.82, 2.24) is 4.90 Å². The van der Waals surface area contributed by atoms with E-state index in [0.717, 1.165) is 5.56 Å². The summed E-state index contributed by atoms with van der Waals surface area (Å²) in [5.41, 5.74) is 1.75. The summed E-state index contributed by atoms with van der Waals surface area (Å²) in [5.74, 6) is -0.524. The van der Waals surface area contributed by atoms with Gasteiger partial charge in [-0.3, -0.25) is 0 Å². The van der Waals surface area contributed by atoms with Crippen LogP contribution in [0.3, 0.4) is 0 Å². The van der Waals surface area contributed by atoms with Gasteiger partial charge in [-0.2, -0.15) is 0 Å². The van der Waals surface area contributed by atoms with Crippen LogP contribution in [-0.4, -0.2) is 29.8 Å². The number of benzene rings is 2. The highest BCUT2D eigenvalue weighted by atomic mass is 35.5. The predicted molar refractivity (Wildman–Crippen MR) is 108 cm³/mol. The van der Waals surface area contributed by atoms with E-state index < -0.39 is 12.3 Å². The van der Waals surface area contributed by atoms with Crippen molar-refractivity contribution in [3.63, 3.8) is 0 Å². The zero-order valence-electron chi connectivity index (χ0n) is 16.0. The number of halogens is 1. The van der Waals surface area contributed by atoms with Gasteiger partial charge in [0, 0.05) is 13.1 Å². The van der Waals surface area contributed by atoms with Gasteiger partial charge in [-0.25, -0.2) is 4.79 Å². The maximum atomic E-state index is 11.7. The molecule has 144 valence electrons. The van der Waals surface area contributed by atoms with Crippen LogP contribution in [0.25, 0.3) is 0 Å². The molecular weight excluding hydrogens is 362 g/mol. The quantitative estimate of drug-likeness (QED) is 0.657. The lowest BCUT2D eigenvalue weighted by molar-refractivity contribution is -0.168. The maximum absolute atomic E-state index is 11.7. The van der Waals surface area contributed by atoms with Gasteiger partial charge in [0.25, 0.3) is 0 Å². The molecule has 0 aromatic heterocycles. The smallest absolute Gasteiger partial charge is 0.354 e. The van der Waals surface area contributed by atoms with Gasteiger partial charge in [-0.1, -0.05) is 78.3 Å². The number of esters is 1. The predicted octanol–water partition coefficient (Wildman–Crippen LogP) is 4.95. The first-order chi connectivity index (χ1) is 13.0. The van der Waals surface area contributed by atoms with Gasteiger partial charge in [0.15, 0.2) is 5.03 Å². The van der Waals surface area contributed by atoms with Gasteiger partial charge in [0.2, 0.25) is 6.29 Å². The molecule has 1 aliphatic rings. The molecule has 0 amide bonds. The van der Waals surface area contributed by atoms with Crippen molar-refractivity contribution in [1.29, 1.82) is 0 Å². The Balaban J connectivity index is 0.000000369. The molecule has 0 aliphatic carbocycles. The fourth-order valence-electron chi connectivity index (χ4n) is 2.60. The van der Waals surface area contributed by atoms with Crippen molar-refractivity contribution in [2.45, 2.75) is 39.7 Å². The zero-order chi connectivity index (χ0) is 19.6. The number of nitrogens with zero attached hydrogens (tertiary/aromatic N) is 1. The highest BCUT2D eigenvalue weighted by molar-refractivity contribution is 6.42. The molecule has 1 heterocycles. The number of likely N-dealkylation sites (N-methyl/N-ethyl adjacent to an activating group) is 1. The lowest BCUT2D eigenvalue weighted by Crippen LogP contribution is -2.31. The van der Waals surface area contributed by atoms with Gasteiger partial charge >= 0.3 is 5.97 Å². The minimum atomic E-state index is -0.728. The number of carbonyl (C=O) groups excluding carboxylic acids is 1. The second-order valence-corrected chi connectivity index (χ2v) is 6.65. The highest BCUT2D eigenvalue weighted by Gasteiger charge is 2.37. The van der Waals surface area contributed by atoms with Crippen LogP contribution < -0.4 is 0 Å². The Morgan fingerprint density at radius 3 is 2.04 bits per heavy atom. The van der Waals surface area contributed by atoms with E-state index in [1.54, 1.807) is 0 Å². The fourth-order valence-corrected chi connectivity index (χ4v) is 2.85. The van der Waals surface area contributed by atoms with Gasteiger partial charge < -0.3 is 14.4 Å². The first-order valence-electron chi connectivity index (χ1n) is 9.08. The fraction of sp³-hybridized carbons (Fsp3) is 0.318. The van der Waals surface area contributed by atoms with Gasteiger partial charge in [0.05, 0.1) is 6.10 Å². The number of ether oxygens (including phenoxy) is 2. The molecular formula is C22H26ClNO3. The van der Waals surface area contributed by atoms with Crippen molar-refractivity contribution in [2.24, 2.45) is 0 Å². The summed E-state index contributed by atoms with van der Waals surface area (Å²) < 4.78 is 10.9. The van der Waals surface area contributed by atoms with Crippen molar-refractivity contribution < 1.29 is 14.3 Å². The van der Waals surface area contributed by atoms with Crippen LogP contribution in [0.5, 0.6) is 0 Å². The molecule has 0 saturated carbocycles. The van der Waals surface area contributed by atoms with Crippen LogP contribution in [0, 0.1) is 0 Å². The van der Waals surface area contributed by atoms with E-state index in [1.807, 2.05) is 92.4 Å². The van der Waals surface area contributed by atoms with Crippen molar-refractivity contribution in [3.05, 3.63) is 83.0 Å². The standard InChI is InChI=1S/C16H20ClNO3.C6H6/c1-4-18(10-12-8-6-5-7-9-12)14-13(17)15(19)21-16(14)20-11(2)3;1-2-4-6-5-3-1/h5-9,11,16H,4,10H2,1-3H3;1-6H. The summed E-state index contributed by atoms with van der Waals surface area (Å²) >= 11 is 6.13. The summed E-state index contributed by atoms with van der Waals surface area (Å²) in [6.07, 6.45) is -0.788. The van der Waals surface area contributed by atoms with Gasteiger partial charge in [-0.05, 0) is 26.3 Å². The third-order valence-electron chi connectivity index (χ3n) is 3.84. The molecule has 0 fully saturated rings. The molecule has 0 N–H and O–H groups in total. The Kier molecular flexibility index (Phi) is 8.37. The Morgan fingerprint density at radius 2 is 1.56 bits per heavy atom. The average Bonchev–Trinajstić information content (AvgIpc) is 2.95. The third-order valence-corrected chi connectivity index (χ3v) is 4.19. The Bertz CT molecular complexity index is 705. The van der Waals surface area contributed by atoms with Crippen molar-refractivity contribution >= 4 is 17.6 Å². The summed E-state index contributed by atoms with van der Waals surface area (Å²) in [5, 5.41) is 0.110. The van der Waals surface area contributed by atoms with E-state index >= 15 is 0 Å². The summed E-state index contributed by atoms with van der Waals surface area (Å²) in [6.45, 7) is 7.15. The number of carbonyl (C=O) groups is 1. The second-order valence-electron chi connectivity index (χ2n) is 6.28. The Morgan fingerprint density at radius 1 is 1.04 bits per heavy atom. The van der Waals surface area contributed by atoms with E-state index in [0.29, 0.717) is 18.8 Å². The number of hydrogen-bond donors (Lipinski definition) is 0. The highest BCUT2D eigenvalue weighted by Crippen LogP contribution is 2.31. The minimum absolute atomic E-state index is 0.0594. The SMILES string of the molecule is CCN(Cc1ccccc1)C1=C(Cl)C(=O)OC1OC(C)C.c1ccccc1. The van der Waals surface area contributed by atoms with E-state index in [9.17, 15) is 4.79 Å². The first kappa shape index (κ1) is 21.0. The van der Waals surface area contributed by atoms with Crippen molar-refractivity contribution in [2.75, 3.05) is 6.54 Å². The molecule has 3 rings (SSSR count). The second kappa shape index (κ2) is 10.8. The van der Waals surface area contributed by atoms with E-state index in [-0.39, 0.29) is 11.1 Å². The number of hydrogen-bond acceptors (Lipinski definition) is 4. The van der Waals surface area contributed by atoms with Crippen LogP contribution >= 0.6 is 11.6 Å². The Hall–Kier alpha value is -2.30. The van der Waals surface area contributed by atoms with Crippen LogP contribution in [0.1, 0.15) is 26.3 Å². The molecule has 0 radical (unpaired) electrons. The third kappa shape index (κ3) is 6.42. The van der Waals surface area contributed by atoms with Crippen LogP contribution in [0.4, 0.5) is 0 Å². The van der Waals surface area contributed by atoms with Crippen molar-refractivity contribution in [3.8, 4) is 0 Å². The molecule has 2 aromatic rings. The molecule has 2 aromatic carbocycles. The van der Waals surface area contributed by atoms with Crippen LogP contribution in [0.2, 0.25) is 0 Å². The lowest BCUT2D eigenvalue weighted by atomic mass is 10.2. The monoisotopic (exact) mass is 387 g/mol.